The van der Waals surface area contributed by atoms with E-state index in [1.807, 2.05) is 12.3 Å². The van der Waals surface area contributed by atoms with Crippen LogP contribution in [0.2, 0.25) is 0 Å². The first-order valence-corrected chi connectivity index (χ1v) is 6.52. The van der Waals surface area contributed by atoms with Gasteiger partial charge in [0, 0.05) is 12.2 Å². The smallest absolute Gasteiger partial charge is 0.0573 e. The Hall–Kier alpha value is -0.890. The van der Waals surface area contributed by atoms with Crippen LogP contribution >= 0.6 is 0 Å². The summed E-state index contributed by atoms with van der Waals surface area (Å²) in [7, 11) is 0. The largest absolute Gasteiger partial charge is 0.309 e. The minimum Gasteiger partial charge on any atom is -0.309 e. The maximum atomic E-state index is 4.45. The van der Waals surface area contributed by atoms with Gasteiger partial charge in [0.1, 0.15) is 0 Å². The quantitative estimate of drug-likeness (QED) is 0.676. The zero-order valence-corrected chi connectivity index (χ0v) is 10.6. The third-order valence-corrected chi connectivity index (χ3v) is 2.78. The normalized spacial score (nSPS) is 12.6. The van der Waals surface area contributed by atoms with Crippen molar-refractivity contribution in [2.24, 2.45) is 0 Å². The molecule has 90 valence electrons. The molecule has 0 amide bonds. The Morgan fingerprint density at radius 3 is 2.69 bits per heavy atom. The molecule has 0 aliphatic rings. The second-order valence-electron chi connectivity index (χ2n) is 4.26. The summed E-state index contributed by atoms with van der Waals surface area (Å²) in [5.74, 6) is 0. The molecule has 0 spiro atoms. The summed E-state index contributed by atoms with van der Waals surface area (Å²) in [5.41, 5.74) is 1.19. The number of hydrogen-bond donors (Lipinski definition) is 1. The van der Waals surface area contributed by atoms with Gasteiger partial charge in [-0.05, 0) is 31.5 Å². The van der Waals surface area contributed by atoms with Gasteiger partial charge in [0.25, 0.3) is 0 Å². The molecule has 0 bridgehead atoms. The van der Waals surface area contributed by atoms with E-state index in [4.69, 9.17) is 0 Å². The third kappa shape index (κ3) is 4.75. The zero-order valence-electron chi connectivity index (χ0n) is 10.6. The molecule has 2 nitrogen and oxygen atoms in total. The van der Waals surface area contributed by atoms with E-state index in [-0.39, 0.29) is 0 Å². The fourth-order valence-electron chi connectivity index (χ4n) is 1.85. The van der Waals surface area contributed by atoms with Gasteiger partial charge in [-0.3, -0.25) is 4.98 Å². The Kier molecular flexibility index (Phi) is 6.82. The van der Waals surface area contributed by atoms with Crippen LogP contribution in [0, 0.1) is 0 Å². The van der Waals surface area contributed by atoms with Crippen molar-refractivity contribution in [3.8, 4) is 0 Å². The van der Waals surface area contributed by atoms with Crippen LogP contribution in [0.4, 0.5) is 0 Å². The first kappa shape index (κ1) is 13.2. The second kappa shape index (κ2) is 8.28. The van der Waals surface area contributed by atoms with E-state index in [9.17, 15) is 0 Å². The molecular weight excluding hydrogens is 196 g/mol. The van der Waals surface area contributed by atoms with Gasteiger partial charge in [0.15, 0.2) is 0 Å². The van der Waals surface area contributed by atoms with E-state index in [1.165, 1.54) is 37.8 Å². The van der Waals surface area contributed by atoms with E-state index in [1.54, 1.807) is 0 Å². The summed E-state index contributed by atoms with van der Waals surface area (Å²) in [4.78, 5) is 4.45. The summed E-state index contributed by atoms with van der Waals surface area (Å²) in [6.07, 6.45) is 8.14. The molecule has 0 aliphatic carbocycles. The SMILES string of the molecule is CCCCCC(NCCC)c1ccccn1. The Labute approximate surface area is 99.5 Å². The lowest BCUT2D eigenvalue weighted by atomic mass is 10.0. The summed E-state index contributed by atoms with van der Waals surface area (Å²) in [6, 6.07) is 6.61. The maximum Gasteiger partial charge on any atom is 0.0573 e. The van der Waals surface area contributed by atoms with Crippen molar-refractivity contribution in [3.05, 3.63) is 30.1 Å². The summed E-state index contributed by atoms with van der Waals surface area (Å²) in [6.45, 7) is 5.52. The van der Waals surface area contributed by atoms with Crippen LogP contribution in [-0.4, -0.2) is 11.5 Å². The number of aromatic nitrogens is 1. The number of pyridine rings is 1. The minimum atomic E-state index is 0.438. The molecule has 0 aromatic carbocycles. The van der Waals surface area contributed by atoms with Crippen LogP contribution in [0.1, 0.15) is 57.7 Å². The molecule has 0 saturated carbocycles. The highest BCUT2D eigenvalue weighted by molar-refractivity contribution is 5.08. The number of unbranched alkanes of at least 4 members (excludes halogenated alkanes) is 2. The highest BCUT2D eigenvalue weighted by atomic mass is 14.9. The molecule has 1 N–H and O–H groups in total. The highest BCUT2D eigenvalue weighted by Crippen LogP contribution is 2.17. The molecule has 1 heterocycles. The topological polar surface area (TPSA) is 24.9 Å². The van der Waals surface area contributed by atoms with Crippen molar-refractivity contribution in [1.82, 2.24) is 10.3 Å². The van der Waals surface area contributed by atoms with Crippen LogP contribution in [0.3, 0.4) is 0 Å². The van der Waals surface area contributed by atoms with Gasteiger partial charge in [0.2, 0.25) is 0 Å². The van der Waals surface area contributed by atoms with E-state index < -0.39 is 0 Å². The molecule has 0 radical (unpaired) electrons. The number of nitrogens with one attached hydrogen (secondary N) is 1. The average Bonchev–Trinajstić information content (AvgIpc) is 2.35. The first-order chi connectivity index (χ1) is 7.88. The molecule has 1 unspecified atom stereocenters. The molecule has 0 saturated heterocycles. The lowest BCUT2D eigenvalue weighted by molar-refractivity contribution is 0.465. The van der Waals surface area contributed by atoms with Crippen LogP contribution < -0.4 is 5.32 Å². The molecule has 16 heavy (non-hydrogen) atoms. The van der Waals surface area contributed by atoms with Gasteiger partial charge in [-0.1, -0.05) is 39.2 Å². The van der Waals surface area contributed by atoms with Crippen molar-refractivity contribution in [1.29, 1.82) is 0 Å². The average molecular weight is 220 g/mol. The van der Waals surface area contributed by atoms with Crippen molar-refractivity contribution in [2.45, 2.75) is 52.0 Å². The summed E-state index contributed by atoms with van der Waals surface area (Å²) >= 11 is 0. The lowest BCUT2D eigenvalue weighted by Gasteiger charge is -2.17. The van der Waals surface area contributed by atoms with Gasteiger partial charge < -0.3 is 5.32 Å². The fraction of sp³-hybridized carbons (Fsp3) is 0.643. The number of hydrogen-bond acceptors (Lipinski definition) is 2. The standard InChI is InChI=1S/C14H24N2/c1-3-5-6-9-13(15-11-4-2)14-10-7-8-12-16-14/h7-8,10,12-13,15H,3-6,9,11H2,1-2H3. The predicted octanol–water partition coefficient (Wildman–Crippen LogP) is 3.70. The van der Waals surface area contributed by atoms with Gasteiger partial charge in [0.05, 0.1) is 5.69 Å². The Morgan fingerprint density at radius 2 is 2.06 bits per heavy atom. The van der Waals surface area contributed by atoms with Crippen LogP contribution in [0.25, 0.3) is 0 Å². The maximum absolute atomic E-state index is 4.45. The van der Waals surface area contributed by atoms with E-state index in [2.05, 4.69) is 36.3 Å². The molecule has 0 aliphatic heterocycles. The molecular formula is C14H24N2. The summed E-state index contributed by atoms with van der Waals surface area (Å²) in [5, 5.41) is 3.58. The first-order valence-electron chi connectivity index (χ1n) is 6.52. The van der Waals surface area contributed by atoms with Gasteiger partial charge in [-0.25, -0.2) is 0 Å². The predicted molar refractivity (Wildman–Crippen MR) is 69.4 cm³/mol. The van der Waals surface area contributed by atoms with Gasteiger partial charge in [-0.2, -0.15) is 0 Å². The molecule has 1 atom stereocenters. The van der Waals surface area contributed by atoms with Crippen molar-refractivity contribution < 1.29 is 0 Å². The molecule has 1 aromatic rings. The van der Waals surface area contributed by atoms with Crippen LogP contribution in [0.5, 0.6) is 0 Å². The van der Waals surface area contributed by atoms with E-state index in [0.29, 0.717) is 6.04 Å². The summed E-state index contributed by atoms with van der Waals surface area (Å²) < 4.78 is 0. The number of nitrogens with zero attached hydrogens (tertiary/aromatic N) is 1. The Bertz CT molecular complexity index is 259. The number of rotatable bonds is 8. The van der Waals surface area contributed by atoms with E-state index in [0.717, 1.165) is 6.54 Å². The van der Waals surface area contributed by atoms with E-state index >= 15 is 0 Å². The van der Waals surface area contributed by atoms with Crippen molar-refractivity contribution >= 4 is 0 Å². The zero-order chi connectivity index (χ0) is 11.6. The minimum absolute atomic E-state index is 0.438. The van der Waals surface area contributed by atoms with Crippen molar-refractivity contribution in [3.63, 3.8) is 0 Å². The Morgan fingerprint density at radius 1 is 1.19 bits per heavy atom. The van der Waals surface area contributed by atoms with Gasteiger partial charge in [-0.15, -0.1) is 0 Å². The third-order valence-electron chi connectivity index (χ3n) is 2.78. The van der Waals surface area contributed by atoms with Gasteiger partial charge >= 0.3 is 0 Å². The lowest BCUT2D eigenvalue weighted by Crippen LogP contribution is -2.22. The molecule has 1 aromatic heterocycles. The van der Waals surface area contributed by atoms with Crippen LogP contribution in [-0.2, 0) is 0 Å². The molecule has 0 fully saturated rings. The molecule has 1 rings (SSSR count). The highest BCUT2D eigenvalue weighted by Gasteiger charge is 2.10. The fourth-order valence-corrected chi connectivity index (χ4v) is 1.85. The monoisotopic (exact) mass is 220 g/mol. The van der Waals surface area contributed by atoms with Crippen LogP contribution in [0.15, 0.2) is 24.4 Å². The van der Waals surface area contributed by atoms with Crippen molar-refractivity contribution in [2.75, 3.05) is 6.54 Å². The Balaban J connectivity index is 2.49. The molecule has 2 heteroatoms. The second-order valence-corrected chi connectivity index (χ2v) is 4.26.